The number of hydrogen-bond acceptors (Lipinski definition) is 6. The maximum Gasteiger partial charge on any atom is 0.277 e. The molecule has 0 unspecified atom stereocenters. The first-order valence-electron chi connectivity index (χ1n) is 7.19. The lowest BCUT2D eigenvalue weighted by Gasteiger charge is -2.03. The molecule has 0 fully saturated rings. The van der Waals surface area contributed by atoms with Gasteiger partial charge in [0.2, 0.25) is 0 Å². The summed E-state index contributed by atoms with van der Waals surface area (Å²) in [5.74, 6) is -0.671. The summed E-state index contributed by atoms with van der Waals surface area (Å²) in [6, 6.07) is 6.40. The van der Waals surface area contributed by atoms with Crippen LogP contribution >= 0.6 is 15.9 Å². The molecule has 0 spiro atoms. The molecule has 3 aromatic rings. The fraction of sp³-hybridized carbons (Fsp3) is 0.0667. The highest BCUT2D eigenvalue weighted by Gasteiger charge is 2.20. The normalized spacial score (nSPS) is 10.7. The highest BCUT2D eigenvalue weighted by molar-refractivity contribution is 9.10. The maximum atomic E-state index is 12.2. The summed E-state index contributed by atoms with van der Waals surface area (Å²) < 4.78 is 2.63. The number of hydrogen-bond donors (Lipinski definition) is 1. The van der Waals surface area contributed by atoms with Gasteiger partial charge in [-0.15, -0.1) is 0 Å². The smallest absolute Gasteiger partial charge is 0.277 e. The van der Waals surface area contributed by atoms with Crippen LogP contribution in [0, 0.1) is 20.2 Å². The van der Waals surface area contributed by atoms with E-state index in [-0.39, 0.29) is 12.1 Å². The molecule has 1 N–H and O–H groups in total. The van der Waals surface area contributed by atoms with Gasteiger partial charge in [0, 0.05) is 29.0 Å². The summed E-state index contributed by atoms with van der Waals surface area (Å²) in [7, 11) is 0. The molecule has 0 atom stereocenters. The van der Waals surface area contributed by atoms with E-state index in [4.69, 9.17) is 0 Å². The molecule has 132 valence electrons. The van der Waals surface area contributed by atoms with Crippen LogP contribution in [-0.2, 0) is 6.54 Å². The van der Waals surface area contributed by atoms with Crippen molar-refractivity contribution in [3.63, 3.8) is 0 Å². The van der Waals surface area contributed by atoms with E-state index < -0.39 is 27.1 Å². The molecule has 0 bridgehead atoms. The van der Waals surface area contributed by atoms with Crippen molar-refractivity contribution >= 4 is 38.9 Å². The van der Waals surface area contributed by atoms with Crippen LogP contribution in [0.2, 0.25) is 0 Å². The number of nitrogens with zero attached hydrogens (tertiary/aromatic N) is 4. The van der Waals surface area contributed by atoms with E-state index in [0.29, 0.717) is 11.3 Å². The van der Waals surface area contributed by atoms with Crippen molar-refractivity contribution in [3.05, 3.63) is 78.7 Å². The fourth-order valence-electron chi connectivity index (χ4n) is 2.31. The summed E-state index contributed by atoms with van der Waals surface area (Å²) in [5, 5.41) is 24.3. The number of amides is 1. The van der Waals surface area contributed by atoms with Crippen LogP contribution in [0.4, 0.5) is 11.4 Å². The SMILES string of the molecule is O=C(NCc1cn2cc(Br)ccc2n1)c1cc([N+](=O)[O-])cc([N+](=O)[O-])c1. The molecule has 2 heterocycles. The number of carbonyl (C=O) groups is 1. The molecule has 26 heavy (non-hydrogen) atoms. The summed E-state index contributed by atoms with van der Waals surface area (Å²) in [6.45, 7) is 0.0641. The van der Waals surface area contributed by atoms with Crippen LogP contribution in [0.25, 0.3) is 5.65 Å². The van der Waals surface area contributed by atoms with Gasteiger partial charge in [-0.3, -0.25) is 25.0 Å². The Morgan fingerprint density at radius 3 is 2.38 bits per heavy atom. The first-order chi connectivity index (χ1) is 12.3. The molecular weight excluding hydrogens is 410 g/mol. The molecule has 3 rings (SSSR count). The van der Waals surface area contributed by atoms with Gasteiger partial charge in [0.05, 0.1) is 33.7 Å². The number of nitro benzene ring substituents is 2. The highest BCUT2D eigenvalue weighted by atomic mass is 79.9. The van der Waals surface area contributed by atoms with E-state index in [2.05, 4.69) is 26.2 Å². The Kier molecular flexibility index (Phi) is 4.63. The van der Waals surface area contributed by atoms with Gasteiger partial charge in [-0.05, 0) is 28.1 Å². The number of aromatic nitrogens is 2. The minimum Gasteiger partial charge on any atom is -0.346 e. The molecule has 11 heteroatoms. The van der Waals surface area contributed by atoms with Crippen LogP contribution in [0.5, 0.6) is 0 Å². The van der Waals surface area contributed by atoms with Crippen molar-refractivity contribution in [2.75, 3.05) is 0 Å². The molecule has 0 saturated heterocycles. The van der Waals surface area contributed by atoms with Crippen molar-refractivity contribution < 1.29 is 14.6 Å². The Morgan fingerprint density at radius 2 is 1.77 bits per heavy atom. The third-order valence-corrected chi connectivity index (χ3v) is 3.95. The highest BCUT2D eigenvalue weighted by Crippen LogP contribution is 2.22. The number of nitrogens with one attached hydrogen (secondary N) is 1. The molecule has 0 saturated carbocycles. The van der Waals surface area contributed by atoms with Crippen molar-refractivity contribution in [3.8, 4) is 0 Å². The van der Waals surface area contributed by atoms with Gasteiger partial charge >= 0.3 is 0 Å². The number of pyridine rings is 1. The predicted molar refractivity (Wildman–Crippen MR) is 93.8 cm³/mol. The van der Waals surface area contributed by atoms with Crippen molar-refractivity contribution in [1.82, 2.24) is 14.7 Å². The number of rotatable bonds is 5. The first-order valence-corrected chi connectivity index (χ1v) is 7.98. The van der Waals surface area contributed by atoms with Crippen molar-refractivity contribution in [2.24, 2.45) is 0 Å². The van der Waals surface area contributed by atoms with Gasteiger partial charge in [-0.25, -0.2) is 4.98 Å². The minimum atomic E-state index is -0.788. The van der Waals surface area contributed by atoms with Crippen LogP contribution in [0.3, 0.4) is 0 Å². The molecule has 2 aromatic heterocycles. The third-order valence-electron chi connectivity index (χ3n) is 3.48. The van der Waals surface area contributed by atoms with Crippen molar-refractivity contribution in [2.45, 2.75) is 6.54 Å². The monoisotopic (exact) mass is 419 g/mol. The molecule has 10 nitrogen and oxygen atoms in total. The fourth-order valence-corrected chi connectivity index (χ4v) is 2.67. The second-order valence-corrected chi connectivity index (χ2v) is 6.20. The number of carbonyl (C=O) groups excluding carboxylic acids is 1. The minimum absolute atomic E-state index is 0.0641. The maximum absolute atomic E-state index is 12.2. The van der Waals surface area contributed by atoms with Gasteiger partial charge in [0.15, 0.2) is 0 Å². The van der Waals surface area contributed by atoms with Gasteiger partial charge in [-0.1, -0.05) is 0 Å². The number of nitro groups is 2. The average Bonchev–Trinajstić information content (AvgIpc) is 3.01. The Balaban J connectivity index is 1.80. The average molecular weight is 420 g/mol. The molecule has 0 aliphatic carbocycles. The quantitative estimate of drug-likeness (QED) is 0.499. The summed E-state index contributed by atoms with van der Waals surface area (Å²) in [4.78, 5) is 36.8. The topological polar surface area (TPSA) is 133 Å². The van der Waals surface area contributed by atoms with Gasteiger partial charge in [0.1, 0.15) is 5.65 Å². The van der Waals surface area contributed by atoms with Crippen LogP contribution in [0.15, 0.2) is 47.2 Å². The van der Waals surface area contributed by atoms with E-state index in [1.54, 1.807) is 22.9 Å². The molecular formula is C15H10BrN5O5. The van der Waals surface area contributed by atoms with Crippen LogP contribution in [-0.4, -0.2) is 25.1 Å². The van der Waals surface area contributed by atoms with E-state index in [1.165, 1.54) is 0 Å². The molecule has 1 aromatic carbocycles. The lowest BCUT2D eigenvalue weighted by Crippen LogP contribution is -2.23. The number of imidazole rings is 1. The number of fused-ring (bicyclic) bond motifs is 1. The first kappa shape index (κ1) is 17.5. The van der Waals surface area contributed by atoms with E-state index in [1.807, 2.05) is 6.07 Å². The van der Waals surface area contributed by atoms with Crippen LogP contribution in [0.1, 0.15) is 16.1 Å². The van der Waals surface area contributed by atoms with Gasteiger partial charge in [0.25, 0.3) is 17.3 Å². The van der Waals surface area contributed by atoms with Gasteiger partial charge in [-0.2, -0.15) is 0 Å². The number of non-ortho nitro benzene ring substituents is 2. The van der Waals surface area contributed by atoms with Gasteiger partial charge < -0.3 is 9.72 Å². The predicted octanol–water partition coefficient (Wildman–Crippen LogP) is 2.84. The second kappa shape index (κ2) is 6.88. The van der Waals surface area contributed by atoms with E-state index in [9.17, 15) is 25.0 Å². The standard InChI is InChI=1S/C15H10BrN5O5/c16-10-1-2-14-18-11(8-19(14)7-10)6-17-15(22)9-3-12(20(23)24)5-13(4-9)21(25)26/h1-5,7-8H,6H2,(H,17,22). The Bertz CT molecular complexity index is 1020. The molecule has 1 amide bonds. The van der Waals surface area contributed by atoms with E-state index in [0.717, 1.165) is 22.7 Å². The summed E-state index contributed by atoms with van der Waals surface area (Å²) >= 11 is 3.34. The lowest BCUT2D eigenvalue weighted by molar-refractivity contribution is -0.394. The number of halogens is 1. The molecule has 0 radical (unpaired) electrons. The Labute approximate surface area is 153 Å². The third kappa shape index (κ3) is 3.67. The zero-order valence-electron chi connectivity index (χ0n) is 13.0. The van der Waals surface area contributed by atoms with E-state index >= 15 is 0 Å². The Hall–Kier alpha value is -3.34. The second-order valence-electron chi connectivity index (χ2n) is 5.28. The lowest BCUT2D eigenvalue weighted by atomic mass is 10.1. The number of benzene rings is 1. The Morgan fingerprint density at radius 1 is 1.12 bits per heavy atom. The molecule has 0 aliphatic heterocycles. The largest absolute Gasteiger partial charge is 0.346 e. The van der Waals surface area contributed by atoms with Crippen molar-refractivity contribution in [1.29, 1.82) is 0 Å². The van der Waals surface area contributed by atoms with Crippen LogP contribution < -0.4 is 5.32 Å². The zero-order valence-corrected chi connectivity index (χ0v) is 14.5. The summed E-state index contributed by atoms with van der Waals surface area (Å²) in [6.07, 6.45) is 3.52. The summed E-state index contributed by atoms with van der Waals surface area (Å²) in [5.41, 5.74) is 0.0288. The zero-order chi connectivity index (χ0) is 18.8. The molecule has 0 aliphatic rings.